The maximum absolute atomic E-state index is 14.4. The molecule has 5 rings (SSSR count). The van der Waals surface area contributed by atoms with E-state index < -0.39 is 5.82 Å². The maximum Gasteiger partial charge on any atom is 0.341 e. The Morgan fingerprint density at radius 3 is 2.82 bits per heavy atom. The number of carbonyl (C=O) groups excluding carboxylic acids is 1. The number of amides is 2. The average Bonchev–Trinajstić information content (AvgIpc) is 3.43. The van der Waals surface area contributed by atoms with Gasteiger partial charge in [-0.2, -0.15) is 15.5 Å². The number of nitriles is 1. The lowest BCUT2D eigenvalue weighted by Crippen LogP contribution is -2.58. The second-order valence-electron chi connectivity index (χ2n) is 7.90. The summed E-state index contributed by atoms with van der Waals surface area (Å²) in [5.41, 5.74) is 2.12. The first-order valence-electron chi connectivity index (χ1n) is 10.4. The minimum Gasteiger partial charge on any atom is -0.483 e. The Morgan fingerprint density at radius 1 is 1.26 bits per heavy atom. The van der Waals surface area contributed by atoms with Gasteiger partial charge < -0.3 is 9.64 Å². The molecule has 5 heterocycles. The number of hydrogen-bond acceptors (Lipinski definition) is 7. The number of aromatic nitrogens is 4. The Hall–Kier alpha value is -4.04. The fourth-order valence-corrected chi connectivity index (χ4v) is 4.17. The first-order valence-corrected chi connectivity index (χ1v) is 10.8. The molecule has 0 unspecified atom stereocenters. The van der Waals surface area contributed by atoms with Gasteiger partial charge in [-0.1, -0.05) is 11.6 Å². The quantitative estimate of drug-likeness (QED) is 0.567. The predicted octanol–water partition coefficient (Wildman–Crippen LogP) is 3.16. The molecule has 10 nitrogen and oxygen atoms in total. The Morgan fingerprint density at radius 2 is 2.09 bits per heavy atom. The smallest absolute Gasteiger partial charge is 0.341 e. The van der Waals surface area contributed by atoms with Gasteiger partial charge >= 0.3 is 6.03 Å². The molecule has 0 aliphatic carbocycles. The number of hydrazone groups is 1. The lowest BCUT2D eigenvalue weighted by Gasteiger charge is -2.41. The van der Waals surface area contributed by atoms with Crippen molar-refractivity contribution in [3.05, 3.63) is 58.9 Å². The SMILES string of the molecule is Cn1ncc(Cl)c1-c1cc(OC2CN(C(=O)N3N=CC[C@H]3c3cncc(C#N)c3)C2)c(F)cn1. The number of hydrogen-bond donors (Lipinski definition) is 0. The molecule has 3 aromatic heterocycles. The van der Waals surface area contributed by atoms with Crippen molar-refractivity contribution in [2.45, 2.75) is 18.6 Å². The molecule has 1 atom stereocenters. The van der Waals surface area contributed by atoms with Crippen molar-refractivity contribution in [2.75, 3.05) is 13.1 Å². The molecule has 0 saturated carbocycles. The van der Waals surface area contributed by atoms with E-state index in [2.05, 4.69) is 26.2 Å². The summed E-state index contributed by atoms with van der Waals surface area (Å²) in [6, 6.07) is 4.59. The number of ether oxygens (including phenoxy) is 1. The molecule has 172 valence electrons. The third-order valence-electron chi connectivity index (χ3n) is 5.67. The molecular weight excluding hydrogens is 463 g/mol. The predicted molar refractivity (Wildman–Crippen MR) is 119 cm³/mol. The van der Waals surface area contributed by atoms with E-state index in [1.165, 1.54) is 23.5 Å². The number of rotatable bonds is 4. The van der Waals surface area contributed by atoms with Crippen LogP contribution in [0.25, 0.3) is 11.4 Å². The van der Waals surface area contributed by atoms with Gasteiger partial charge in [0.2, 0.25) is 0 Å². The summed E-state index contributed by atoms with van der Waals surface area (Å²) < 4.78 is 21.7. The van der Waals surface area contributed by atoms with Crippen molar-refractivity contribution in [1.82, 2.24) is 29.7 Å². The molecule has 12 heteroatoms. The van der Waals surface area contributed by atoms with Gasteiger partial charge in [-0.3, -0.25) is 14.6 Å². The van der Waals surface area contributed by atoms with Crippen LogP contribution in [0.15, 0.2) is 42.0 Å². The number of carbonyl (C=O) groups is 1. The number of urea groups is 1. The third-order valence-corrected chi connectivity index (χ3v) is 5.94. The van der Waals surface area contributed by atoms with Crippen LogP contribution in [0.4, 0.5) is 9.18 Å². The standard InChI is InChI=1S/C22H18ClFN8O2/c1-30-21(16(23)9-29-30)18-5-20(17(24)10-27-18)34-15-11-31(12-15)22(33)32-19(2-3-28-32)14-4-13(6-25)7-26-8-14/h3-5,7-10,15,19H,2,11-12H2,1H3/t19-/m0/s1. The van der Waals surface area contributed by atoms with Crippen LogP contribution in [-0.4, -0.2) is 61.1 Å². The van der Waals surface area contributed by atoms with Gasteiger partial charge in [-0.15, -0.1) is 0 Å². The van der Waals surface area contributed by atoms with Crippen LogP contribution in [0.2, 0.25) is 5.02 Å². The van der Waals surface area contributed by atoms with Gasteiger partial charge in [-0.25, -0.2) is 14.2 Å². The largest absolute Gasteiger partial charge is 0.483 e. The number of halogens is 2. The second-order valence-corrected chi connectivity index (χ2v) is 8.31. The molecule has 3 aromatic rings. The molecule has 2 amide bonds. The molecule has 34 heavy (non-hydrogen) atoms. The molecule has 0 aromatic carbocycles. The Kier molecular flexibility index (Phi) is 5.59. The fraction of sp³-hybridized carbons (Fsp3) is 0.273. The van der Waals surface area contributed by atoms with E-state index in [0.717, 1.165) is 11.8 Å². The highest BCUT2D eigenvalue weighted by Gasteiger charge is 2.39. The molecule has 2 aliphatic heterocycles. The maximum atomic E-state index is 14.4. The zero-order valence-electron chi connectivity index (χ0n) is 18.0. The van der Waals surface area contributed by atoms with E-state index >= 15 is 0 Å². The number of aryl methyl sites for hydroxylation is 1. The van der Waals surface area contributed by atoms with Crippen LogP contribution in [0.1, 0.15) is 23.6 Å². The van der Waals surface area contributed by atoms with Crippen molar-refractivity contribution in [1.29, 1.82) is 5.26 Å². The van der Waals surface area contributed by atoms with E-state index in [1.54, 1.807) is 35.1 Å². The zero-order valence-corrected chi connectivity index (χ0v) is 18.7. The summed E-state index contributed by atoms with van der Waals surface area (Å²) in [5, 5.41) is 19.2. The Balaban J connectivity index is 1.25. The highest BCUT2D eigenvalue weighted by molar-refractivity contribution is 6.32. The highest BCUT2D eigenvalue weighted by Crippen LogP contribution is 2.32. The minimum atomic E-state index is -0.610. The van der Waals surface area contributed by atoms with E-state index in [1.807, 2.05) is 0 Å². The molecule has 0 N–H and O–H groups in total. The lowest BCUT2D eigenvalue weighted by molar-refractivity contribution is 0.0257. The molecule has 2 aliphatic rings. The summed E-state index contributed by atoms with van der Waals surface area (Å²) >= 11 is 6.17. The molecule has 0 bridgehead atoms. The summed E-state index contributed by atoms with van der Waals surface area (Å²) in [4.78, 5) is 22.7. The van der Waals surface area contributed by atoms with Crippen molar-refractivity contribution in [3.63, 3.8) is 0 Å². The Labute approximate surface area is 198 Å². The van der Waals surface area contributed by atoms with Gasteiger partial charge in [0.15, 0.2) is 11.6 Å². The minimum absolute atomic E-state index is 0.0239. The van der Waals surface area contributed by atoms with Gasteiger partial charge in [0.25, 0.3) is 0 Å². The van der Waals surface area contributed by atoms with Crippen LogP contribution in [0.5, 0.6) is 5.75 Å². The number of pyridine rings is 2. The zero-order chi connectivity index (χ0) is 23.8. The topological polar surface area (TPSA) is 113 Å². The first-order chi connectivity index (χ1) is 16.4. The monoisotopic (exact) mass is 480 g/mol. The van der Waals surface area contributed by atoms with Crippen LogP contribution in [-0.2, 0) is 7.05 Å². The molecule has 0 spiro atoms. The summed E-state index contributed by atoms with van der Waals surface area (Å²) in [5.74, 6) is -0.586. The van der Waals surface area contributed by atoms with Gasteiger partial charge in [0.1, 0.15) is 17.9 Å². The van der Waals surface area contributed by atoms with Gasteiger partial charge in [0.05, 0.1) is 47.8 Å². The number of likely N-dealkylation sites (tertiary alicyclic amines) is 1. The van der Waals surface area contributed by atoms with Crippen LogP contribution in [0, 0.1) is 17.1 Å². The Bertz CT molecular complexity index is 1310. The van der Waals surface area contributed by atoms with Crippen molar-refractivity contribution < 1.29 is 13.9 Å². The second kappa shape index (κ2) is 8.72. The van der Waals surface area contributed by atoms with Crippen LogP contribution >= 0.6 is 11.6 Å². The molecular formula is C22H18ClFN8O2. The lowest BCUT2D eigenvalue weighted by atomic mass is 10.1. The average molecular weight is 481 g/mol. The van der Waals surface area contributed by atoms with Gasteiger partial charge in [0, 0.05) is 38.1 Å². The third kappa shape index (κ3) is 3.92. The van der Waals surface area contributed by atoms with Crippen LogP contribution < -0.4 is 4.74 Å². The summed E-state index contributed by atoms with van der Waals surface area (Å²) in [6.07, 6.45) is 7.45. The van der Waals surface area contributed by atoms with Crippen molar-refractivity contribution in [2.24, 2.45) is 12.1 Å². The van der Waals surface area contributed by atoms with E-state index in [4.69, 9.17) is 21.6 Å². The van der Waals surface area contributed by atoms with Crippen molar-refractivity contribution >= 4 is 23.8 Å². The normalized spacial score (nSPS) is 17.5. The van der Waals surface area contributed by atoms with Gasteiger partial charge in [-0.05, 0) is 11.6 Å². The molecule has 0 radical (unpaired) electrons. The van der Waals surface area contributed by atoms with Crippen LogP contribution in [0.3, 0.4) is 0 Å². The first kappa shape index (κ1) is 21.8. The van der Waals surface area contributed by atoms with E-state index in [-0.39, 0.29) is 37.0 Å². The van der Waals surface area contributed by atoms with E-state index in [9.17, 15) is 9.18 Å². The van der Waals surface area contributed by atoms with Crippen molar-refractivity contribution in [3.8, 4) is 23.2 Å². The van der Waals surface area contributed by atoms with E-state index in [0.29, 0.717) is 28.4 Å². The summed E-state index contributed by atoms with van der Waals surface area (Å²) in [7, 11) is 1.71. The molecule has 1 saturated heterocycles. The highest BCUT2D eigenvalue weighted by atomic mass is 35.5. The number of nitrogens with zero attached hydrogens (tertiary/aromatic N) is 8. The fourth-order valence-electron chi connectivity index (χ4n) is 3.91. The summed E-state index contributed by atoms with van der Waals surface area (Å²) in [6.45, 7) is 0.551. The molecule has 1 fully saturated rings.